The molecule has 0 N–H and O–H groups in total. The second kappa shape index (κ2) is 6.95. The lowest BCUT2D eigenvalue weighted by molar-refractivity contribution is -0.384. The van der Waals surface area contributed by atoms with Crippen molar-refractivity contribution < 1.29 is 14.5 Å². The molecule has 0 saturated carbocycles. The first-order valence-corrected chi connectivity index (χ1v) is 7.72. The maximum Gasteiger partial charge on any atom is 0.273 e. The number of nitrogens with zero attached hydrogens (tertiary/aromatic N) is 3. The van der Waals surface area contributed by atoms with Crippen LogP contribution in [-0.4, -0.2) is 49.0 Å². The van der Waals surface area contributed by atoms with Crippen LogP contribution in [-0.2, 0) is 4.79 Å². The number of benzene rings is 1. The number of amides is 1. The van der Waals surface area contributed by atoms with Gasteiger partial charge in [-0.05, 0) is 39.0 Å². The highest BCUT2D eigenvalue weighted by atomic mass is 16.6. The van der Waals surface area contributed by atoms with Crippen LogP contribution in [0.3, 0.4) is 0 Å². The monoisotopic (exact) mass is 321 g/mol. The molecule has 1 aliphatic heterocycles. The third-order valence-corrected chi connectivity index (χ3v) is 3.80. The number of anilines is 1. The molecule has 0 aromatic heterocycles. The summed E-state index contributed by atoms with van der Waals surface area (Å²) >= 11 is 0. The number of hydrogen-bond acceptors (Lipinski definition) is 5. The molecule has 126 valence electrons. The van der Waals surface area contributed by atoms with Crippen LogP contribution in [0.5, 0.6) is 5.75 Å². The largest absolute Gasteiger partial charge is 0.478 e. The van der Waals surface area contributed by atoms with E-state index in [2.05, 4.69) is 4.90 Å². The second-order valence-electron chi connectivity index (χ2n) is 6.34. The normalized spacial score (nSPS) is 17.4. The quantitative estimate of drug-likeness (QED) is 0.593. The summed E-state index contributed by atoms with van der Waals surface area (Å²) < 4.78 is 5.75. The first-order valence-electron chi connectivity index (χ1n) is 7.72. The third-order valence-electron chi connectivity index (χ3n) is 3.80. The molecular weight excluding hydrogens is 298 g/mol. The van der Waals surface area contributed by atoms with Crippen LogP contribution in [0.15, 0.2) is 18.2 Å². The predicted molar refractivity (Wildman–Crippen MR) is 87.9 cm³/mol. The molecule has 1 aromatic carbocycles. The number of nitro groups is 1. The lowest BCUT2D eigenvalue weighted by atomic mass is 10.0. The maximum absolute atomic E-state index is 12.7. The molecule has 1 aliphatic rings. The van der Waals surface area contributed by atoms with Gasteiger partial charge in [-0.3, -0.25) is 14.9 Å². The fourth-order valence-electron chi connectivity index (χ4n) is 2.59. The van der Waals surface area contributed by atoms with Gasteiger partial charge in [0.25, 0.3) is 11.6 Å². The minimum atomic E-state index is -0.608. The van der Waals surface area contributed by atoms with E-state index in [0.717, 1.165) is 13.0 Å². The highest BCUT2D eigenvalue weighted by molar-refractivity contribution is 6.00. The Morgan fingerprint density at radius 3 is 2.65 bits per heavy atom. The van der Waals surface area contributed by atoms with Gasteiger partial charge in [0, 0.05) is 12.6 Å². The molecule has 1 atom stereocenters. The van der Waals surface area contributed by atoms with E-state index in [0.29, 0.717) is 18.0 Å². The molecular formula is C16H23N3O4. The smallest absolute Gasteiger partial charge is 0.273 e. The van der Waals surface area contributed by atoms with Crippen LogP contribution in [0.1, 0.15) is 20.3 Å². The number of non-ortho nitro benzene ring substituents is 1. The Balaban J connectivity index is 2.32. The molecule has 2 rings (SSSR count). The van der Waals surface area contributed by atoms with Gasteiger partial charge in [-0.1, -0.05) is 13.8 Å². The Morgan fingerprint density at radius 1 is 1.39 bits per heavy atom. The first-order chi connectivity index (χ1) is 10.8. The van der Waals surface area contributed by atoms with Crippen LogP contribution >= 0.6 is 0 Å². The highest BCUT2D eigenvalue weighted by Crippen LogP contribution is 2.38. The third kappa shape index (κ3) is 3.79. The molecule has 0 fully saturated rings. The van der Waals surface area contributed by atoms with Crippen LogP contribution in [0.4, 0.5) is 11.4 Å². The van der Waals surface area contributed by atoms with Crippen molar-refractivity contribution >= 4 is 17.3 Å². The number of ether oxygens (including phenoxy) is 1. The van der Waals surface area contributed by atoms with Gasteiger partial charge in [-0.25, -0.2) is 0 Å². The summed E-state index contributed by atoms with van der Waals surface area (Å²) in [6, 6.07) is 4.40. The van der Waals surface area contributed by atoms with Crippen LogP contribution in [0.2, 0.25) is 0 Å². The molecule has 0 bridgehead atoms. The average Bonchev–Trinajstić information content (AvgIpc) is 2.47. The maximum atomic E-state index is 12.7. The zero-order valence-electron chi connectivity index (χ0n) is 14.0. The van der Waals surface area contributed by atoms with Gasteiger partial charge in [0.15, 0.2) is 11.9 Å². The summed E-state index contributed by atoms with van der Waals surface area (Å²) in [7, 11) is 3.96. The summed E-state index contributed by atoms with van der Waals surface area (Å²) in [6.07, 6.45) is 0.212. The van der Waals surface area contributed by atoms with Crippen molar-refractivity contribution in [3.63, 3.8) is 0 Å². The summed E-state index contributed by atoms with van der Waals surface area (Å²) in [5, 5.41) is 11.0. The van der Waals surface area contributed by atoms with Gasteiger partial charge in [0.05, 0.1) is 16.7 Å². The van der Waals surface area contributed by atoms with E-state index in [9.17, 15) is 14.9 Å². The predicted octanol–water partition coefficient (Wildman–Crippen LogP) is 2.30. The first kappa shape index (κ1) is 17.2. The lowest BCUT2D eigenvalue weighted by Crippen LogP contribution is -2.49. The van der Waals surface area contributed by atoms with Crippen LogP contribution in [0.25, 0.3) is 0 Å². The molecule has 1 heterocycles. The molecule has 7 nitrogen and oxygen atoms in total. The topological polar surface area (TPSA) is 75.9 Å². The van der Waals surface area contributed by atoms with E-state index >= 15 is 0 Å². The van der Waals surface area contributed by atoms with E-state index in [-0.39, 0.29) is 17.5 Å². The van der Waals surface area contributed by atoms with Gasteiger partial charge in [0.1, 0.15) is 0 Å². The van der Waals surface area contributed by atoms with Crippen molar-refractivity contribution in [2.24, 2.45) is 5.92 Å². The summed E-state index contributed by atoms with van der Waals surface area (Å²) in [4.78, 5) is 26.9. The molecule has 1 amide bonds. The van der Waals surface area contributed by atoms with Gasteiger partial charge in [0.2, 0.25) is 0 Å². The Bertz CT molecular complexity index is 601. The van der Waals surface area contributed by atoms with Crippen LogP contribution < -0.4 is 9.64 Å². The molecule has 23 heavy (non-hydrogen) atoms. The number of fused-ring (bicyclic) bond motifs is 1. The van der Waals surface area contributed by atoms with E-state index in [4.69, 9.17) is 4.74 Å². The average molecular weight is 321 g/mol. The van der Waals surface area contributed by atoms with Crippen molar-refractivity contribution in [2.45, 2.75) is 26.4 Å². The van der Waals surface area contributed by atoms with Gasteiger partial charge in [-0.15, -0.1) is 0 Å². The van der Waals surface area contributed by atoms with Gasteiger partial charge in [-0.2, -0.15) is 0 Å². The summed E-state index contributed by atoms with van der Waals surface area (Å²) in [5.41, 5.74) is 0.574. The SMILES string of the molecule is CC(C)C1Oc2cc([N+](=O)[O-])ccc2N(CCCN(C)C)C1=O. The number of hydrogen-bond donors (Lipinski definition) is 0. The Labute approximate surface area is 136 Å². The minimum Gasteiger partial charge on any atom is -0.478 e. The molecule has 0 radical (unpaired) electrons. The van der Waals surface area contributed by atoms with Crippen LogP contribution in [0, 0.1) is 16.0 Å². The Hall–Kier alpha value is -2.15. The number of carbonyl (C=O) groups excluding carboxylic acids is 1. The summed E-state index contributed by atoms with van der Waals surface area (Å²) in [5.74, 6) is 0.314. The fourth-order valence-corrected chi connectivity index (χ4v) is 2.59. The van der Waals surface area contributed by atoms with Gasteiger partial charge >= 0.3 is 0 Å². The van der Waals surface area contributed by atoms with Crippen molar-refractivity contribution in [1.82, 2.24) is 4.90 Å². The zero-order valence-corrected chi connectivity index (χ0v) is 14.0. The van der Waals surface area contributed by atoms with Gasteiger partial charge < -0.3 is 14.5 Å². The van der Waals surface area contributed by atoms with E-state index in [1.165, 1.54) is 12.1 Å². The lowest BCUT2D eigenvalue weighted by Gasteiger charge is -2.36. The molecule has 1 aromatic rings. The minimum absolute atomic E-state index is 0.00809. The molecule has 0 saturated heterocycles. The van der Waals surface area contributed by atoms with Crippen molar-refractivity contribution in [2.75, 3.05) is 32.1 Å². The Kier molecular flexibility index (Phi) is 5.20. The van der Waals surface area contributed by atoms with Crippen molar-refractivity contribution in [3.05, 3.63) is 28.3 Å². The second-order valence-corrected chi connectivity index (χ2v) is 6.34. The molecule has 0 aliphatic carbocycles. The molecule has 0 spiro atoms. The van der Waals surface area contributed by atoms with E-state index < -0.39 is 11.0 Å². The highest BCUT2D eigenvalue weighted by Gasteiger charge is 2.36. The summed E-state index contributed by atoms with van der Waals surface area (Å²) in [6.45, 7) is 5.24. The molecule has 1 unspecified atom stereocenters. The zero-order chi connectivity index (χ0) is 17.1. The van der Waals surface area contributed by atoms with E-state index in [1.54, 1.807) is 11.0 Å². The fraction of sp³-hybridized carbons (Fsp3) is 0.562. The van der Waals surface area contributed by atoms with Crippen molar-refractivity contribution in [1.29, 1.82) is 0 Å². The number of nitro benzene ring substituents is 1. The number of rotatable bonds is 6. The number of carbonyl (C=O) groups is 1. The standard InChI is InChI=1S/C16H23N3O4/c1-11(2)15-16(20)18(9-5-8-17(3)4)13-7-6-12(19(21)22)10-14(13)23-15/h6-7,10-11,15H,5,8-9H2,1-4H3. The van der Waals surface area contributed by atoms with Crippen molar-refractivity contribution in [3.8, 4) is 5.75 Å². The van der Waals surface area contributed by atoms with E-state index in [1.807, 2.05) is 27.9 Å². The Morgan fingerprint density at radius 2 is 2.09 bits per heavy atom. The molecule has 7 heteroatoms.